The monoisotopic (exact) mass is 277 g/mol. The number of nitrogens with zero attached hydrogens (tertiary/aromatic N) is 2. The van der Waals surface area contributed by atoms with Crippen LogP contribution >= 0.6 is 11.6 Å². The standard InChI is InChI=1S/C15H20ClN3/c1-12(9-13-3-5-15(16)6-4-13)17-8-7-14-10-18-19(2)11-14/h3-6,10-12,17H,7-9H2,1-2H3. The summed E-state index contributed by atoms with van der Waals surface area (Å²) in [5.74, 6) is 0. The van der Waals surface area contributed by atoms with E-state index in [0.717, 1.165) is 24.4 Å². The van der Waals surface area contributed by atoms with Gasteiger partial charge in [0.25, 0.3) is 0 Å². The molecule has 3 nitrogen and oxygen atoms in total. The average Bonchev–Trinajstić information content (AvgIpc) is 2.78. The molecule has 19 heavy (non-hydrogen) atoms. The molecule has 0 saturated carbocycles. The topological polar surface area (TPSA) is 29.9 Å². The normalized spacial score (nSPS) is 12.6. The van der Waals surface area contributed by atoms with Crippen LogP contribution in [-0.4, -0.2) is 22.4 Å². The number of rotatable bonds is 6. The summed E-state index contributed by atoms with van der Waals surface area (Å²) in [6.07, 6.45) is 6.01. The van der Waals surface area contributed by atoms with Gasteiger partial charge in [0, 0.05) is 24.3 Å². The van der Waals surface area contributed by atoms with E-state index in [1.165, 1.54) is 11.1 Å². The molecule has 102 valence electrons. The highest BCUT2D eigenvalue weighted by molar-refractivity contribution is 6.30. The number of aryl methyl sites for hydroxylation is 1. The van der Waals surface area contributed by atoms with Crippen LogP contribution in [0.5, 0.6) is 0 Å². The van der Waals surface area contributed by atoms with E-state index in [4.69, 9.17) is 11.6 Å². The van der Waals surface area contributed by atoms with Crippen LogP contribution in [0.15, 0.2) is 36.7 Å². The van der Waals surface area contributed by atoms with Gasteiger partial charge in [0.05, 0.1) is 6.20 Å². The highest BCUT2D eigenvalue weighted by Crippen LogP contribution is 2.11. The van der Waals surface area contributed by atoms with Gasteiger partial charge < -0.3 is 5.32 Å². The van der Waals surface area contributed by atoms with Crippen molar-refractivity contribution >= 4 is 11.6 Å². The van der Waals surface area contributed by atoms with Crippen molar-refractivity contribution in [1.82, 2.24) is 15.1 Å². The van der Waals surface area contributed by atoms with Crippen LogP contribution in [0.1, 0.15) is 18.1 Å². The summed E-state index contributed by atoms with van der Waals surface area (Å²) >= 11 is 5.88. The largest absolute Gasteiger partial charge is 0.314 e. The van der Waals surface area contributed by atoms with E-state index in [-0.39, 0.29) is 0 Å². The minimum Gasteiger partial charge on any atom is -0.314 e. The van der Waals surface area contributed by atoms with Crippen molar-refractivity contribution in [3.8, 4) is 0 Å². The predicted octanol–water partition coefficient (Wildman–Crippen LogP) is 2.84. The second-order valence-corrected chi connectivity index (χ2v) is 5.39. The minimum atomic E-state index is 0.456. The first-order chi connectivity index (χ1) is 9.13. The number of nitrogens with one attached hydrogen (secondary N) is 1. The van der Waals surface area contributed by atoms with Crippen LogP contribution in [0, 0.1) is 0 Å². The molecule has 1 heterocycles. The molecular weight excluding hydrogens is 258 g/mol. The van der Waals surface area contributed by atoms with E-state index in [9.17, 15) is 0 Å². The highest BCUT2D eigenvalue weighted by atomic mass is 35.5. The molecule has 1 unspecified atom stereocenters. The van der Waals surface area contributed by atoms with Crippen LogP contribution < -0.4 is 5.32 Å². The summed E-state index contributed by atoms with van der Waals surface area (Å²) in [4.78, 5) is 0. The number of hydrogen-bond donors (Lipinski definition) is 1. The average molecular weight is 278 g/mol. The molecule has 0 fully saturated rings. The molecule has 2 rings (SSSR count). The Morgan fingerprint density at radius 1 is 1.26 bits per heavy atom. The Balaban J connectivity index is 1.72. The lowest BCUT2D eigenvalue weighted by molar-refractivity contribution is 0.548. The van der Waals surface area contributed by atoms with Crippen molar-refractivity contribution < 1.29 is 0 Å². The molecular formula is C15H20ClN3. The van der Waals surface area contributed by atoms with Crippen LogP contribution in [0.3, 0.4) is 0 Å². The lowest BCUT2D eigenvalue weighted by Crippen LogP contribution is -2.29. The summed E-state index contributed by atoms with van der Waals surface area (Å²) in [5, 5.41) is 8.49. The first-order valence-corrected chi connectivity index (χ1v) is 6.96. The van der Waals surface area contributed by atoms with Crippen molar-refractivity contribution in [2.24, 2.45) is 7.05 Å². The maximum atomic E-state index is 5.88. The van der Waals surface area contributed by atoms with Gasteiger partial charge >= 0.3 is 0 Å². The molecule has 4 heteroatoms. The maximum absolute atomic E-state index is 5.88. The molecule has 2 aromatic rings. The molecule has 0 radical (unpaired) electrons. The molecule has 0 spiro atoms. The molecule has 0 saturated heterocycles. The highest BCUT2D eigenvalue weighted by Gasteiger charge is 2.03. The molecule has 1 aromatic carbocycles. The minimum absolute atomic E-state index is 0.456. The third-order valence-electron chi connectivity index (χ3n) is 3.12. The Kier molecular flexibility index (Phi) is 5.00. The summed E-state index contributed by atoms with van der Waals surface area (Å²) in [5.41, 5.74) is 2.58. The molecule has 1 aromatic heterocycles. The van der Waals surface area contributed by atoms with E-state index in [2.05, 4.69) is 35.7 Å². The molecule has 0 aliphatic heterocycles. The lowest BCUT2D eigenvalue weighted by Gasteiger charge is -2.13. The fraction of sp³-hybridized carbons (Fsp3) is 0.400. The summed E-state index contributed by atoms with van der Waals surface area (Å²) in [6.45, 7) is 3.18. The molecule has 1 N–H and O–H groups in total. The smallest absolute Gasteiger partial charge is 0.0522 e. The van der Waals surface area contributed by atoms with Crippen molar-refractivity contribution in [3.63, 3.8) is 0 Å². The van der Waals surface area contributed by atoms with Gasteiger partial charge in [0.2, 0.25) is 0 Å². The Hall–Kier alpha value is -1.32. The second-order valence-electron chi connectivity index (χ2n) is 4.96. The summed E-state index contributed by atoms with van der Waals surface area (Å²) in [6, 6.07) is 8.51. The Bertz CT molecular complexity index is 504. The quantitative estimate of drug-likeness (QED) is 0.880. The first-order valence-electron chi connectivity index (χ1n) is 6.59. The molecule has 1 atom stereocenters. The lowest BCUT2D eigenvalue weighted by atomic mass is 10.1. The number of aromatic nitrogens is 2. The zero-order valence-corrected chi connectivity index (χ0v) is 12.2. The van der Waals surface area contributed by atoms with Crippen molar-refractivity contribution in [2.75, 3.05) is 6.54 Å². The Morgan fingerprint density at radius 3 is 2.63 bits per heavy atom. The van der Waals surface area contributed by atoms with Crippen molar-refractivity contribution in [3.05, 3.63) is 52.8 Å². The van der Waals surface area contributed by atoms with E-state index in [1.807, 2.05) is 30.1 Å². The van der Waals surface area contributed by atoms with E-state index in [1.54, 1.807) is 0 Å². The molecule has 0 amide bonds. The van der Waals surface area contributed by atoms with Crippen LogP contribution in [0.2, 0.25) is 5.02 Å². The second kappa shape index (κ2) is 6.73. The van der Waals surface area contributed by atoms with E-state index in [0.29, 0.717) is 6.04 Å². The SMILES string of the molecule is CC(Cc1ccc(Cl)cc1)NCCc1cnn(C)c1. The van der Waals surface area contributed by atoms with E-state index < -0.39 is 0 Å². The van der Waals surface area contributed by atoms with Crippen LogP contribution in [-0.2, 0) is 19.9 Å². The molecule has 0 bridgehead atoms. The predicted molar refractivity (Wildman–Crippen MR) is 79.5 cm³/mol. The third-order valence-corrected chi connectivity index (χ3v) is 3.37. The van der Waals surface area contributed by atoms with Gasteiger partial charge in [-0.1, -0.05) is 23.7 Å². The van der Waals surface area contributed by atoms with Gasteiger partial charge in [-0.2, -0.15) is 5.10 Å². The van der Waals surface area contributed by atoms with Crippen LogP contribution in [0.4, 0.5) is 0 Å². The van der Waals surface area contributed by atoms with Gasteiger partial charge in [0.1, 0.15) is 0 Å². The van der Waals surface area contributed by atoms with Crippen molar-refractivity contribution in [1.29, 1.82) is 0 Å². The number of benzene rings is 1. The van der Waals surface area contributed by atoms with Gasteiger partial charge in [0.15, 0.2) is 0 Å². The Morgan fingerprint density at radius 2 is 2.00 bits per heavy atom. The van der Waals surface area contributed by atoms with Gasteiger partial charge in [-0.3, -0.25) is 4.68 Å². The van der Waals surface area contributed by atoms with Crippen molar-refractivity contribution in [2.45, 2.75) is 25.8 Å². The number of halogens is 1. The van der Waals surface area contributed by atoms with Gasteiger partial charge in [-0.15, -0.1) is 0 Å². The third kappa shape index (κ3) is 4.69. The van der Waals surface area contributed by atoms with E-state index >= 15 is 0 Å². The fourth-order valence-electron chi connectivity index (χ4n) is 2.11. The van der Waals surface area contributed by atoms with Gasteiger partial charge in [-0.25, -0.2) is 0 Å². The maximum Gasteiger partial charge on any atom is 0.0522 e. The molecule has 0 aliphatic rings. The zero-order chi connectivity index (χ0) is 13.7. The Labute approximate surface area is 119 Å². The van der Waals surface area contributed by atoms with Crippen LogP contribution in [0.25, 0.3) is 0 Å². The number of hydrogen-bond acceptors (Lipinski definition) is 2. The summed E-state index contributed by atoms with van der Waals surface area (Å²) in [7, 11) is 1.94. The molecule has 0 aliphatic carbocycles. The summed E-state index contributed by atoms with van der Waals surface area (Å²) < 4.78 is 1.84. The first kappa shape index (κ1) is 14.1. The van der Waals surface area contributed by atoms with Gasteiger partial charge in [-0.05, 0) is 49.6 Å². The zero-order valence-electron chi connectivity index (χ0n) is 11.4. The fourth-order valence-corrected chi connectivity index (χ4v) is 2.24.